The molecule has 0 saturated carbocycles. The van der Waals surface area contributed by atoms with Gasteiger partial charge in [-0.1, -0.05) is 13.8 Å². The molecule has 0 radical (unpaired) electrons. The number of hydrogen-bond donors (Lipinski definition) is 3. The molecule has 88 valence electrons. The average Bonchev–Trinajstić information content (AvgIpc) is 2.18. The van der Waals surface area contributed by atoms with Gasteiger partial charge in [0.15, 0.2) is 0 Å². The lowest BCUT2D eigenvalue weighted by Crippen LogP contribution is -2.05. The molecule has 0 atom stereocenters. The lowest BCUT2D eigenvalue weighted by atomic mass is 9.89. The second kappa shape index (κ2) is 4.37. The maximum Gasteiger partial charge on any atom is 0.220 e. The maximum absolute atomic E-state index is 11.4. The van der Waals surface area contributed by atoms with E-state index in [9.17, 15) is 15.0 Å². The van der Waals surface area contributed by atoms with E-state index in [0.29, 0.717) is 16.7 Å². The first-order chi connectivity index (χ1) is 7.29. The highest BCUT2D eigenvalue weighted by atomic mass is 32.1. The minimum absolute atomic E-state index is 0.0310. The van der Waals surface area contributed by atoms with Crippen molar-refractivity contribution in [1.29, 1.82) is 0 Å². The van der Waals surface area contributed by atoms with Crippen LogP contribution in [0.5, 0.6) is 11.5 Å². The Morgan fingerprint density at radius 3 is 2.00 bits per heavy atom. The van der Waals surface area contributed by atoms with Crippen molar-refractivity contribution in [3.63, 3.8) is 0 Å². The number of carbonyl (C=O) groups is 1. The van der Waals surface area contributed by atoms with Gasteiger partial charge in [-0.05, 0) is 30.9 Å². The molecule has 0 amide bonds. The van der Waals surface area contributed by atoms with Gasteiger partial charge in [-0.2, -0.15) is 0 Å². The van der Waals surface area contributed by atoms with Gasteiger partial charge in [-0.3, -0.25) is 4.79 Å². The minimum Gasteiger partial charge on any atom is -0.507 e. The molecule has 0 spiro atoms. The first-order valence-electron chi connectivity index (χ1n) is 5.07. The van der Waals surface area contributed by atoms with E-state index < -0.39 is 5.12 Å². The summed E-state index contributed by atoms with van der Waals surface area (Å²) >= 11 is 3.77. The second-order valence-corrected chi connectivity index (χ2v) is 4.60. The van der Waals surface area contributed by atoms with Crippen LogP contribution >= 0.6 is 12.6 Å². The standard InChI is InChI=1S/C12H16O3S/c1-5(2)8-6(3)10(13)7(4)11(14)9(8)12(15)16/h5,13-14H,1-4H3,(H,15,16). The molecule has 3 nitrogen and oxygen atoms in total. The quantitative estimate of drug-likeness (QED) is 0.697. The van der Waals surface area contributed by atoms with Crippen LogP contribution in [0, 0.1) is 13.8 Å². The predicted molar refractivity (Wildman–Crippen MR) is 66.7 cm³/mol. The molecule has 2 N–H and O–H groups in total. The number of thiol groups is 1. The van der Waals surface area contributed by atoms with Crippen LogP contribution in [0.4, 0.5) is 0 Å². The van der Waals surface area contributed by atoms with Crippen molar-refractivity contribution >= 4 is 17.7 Å². The van der Waals surface area contributed by atoms with E-state index in [1.165, 1.54) is 0 Å². The smallest absolute Gasteiger partial charge is 0.220 e. The molecule has 0 aliphatic carbocycles. The summed E-state index contributed by atoms with van der Waals surface area (Å²) in [6.45, 7) is 7.10. The number of aromatic hydroxyl groups is 2. The Bertz CT molecular complexity index is 450. The lowest BCUT2D eigenvalue weighted by molar-refractivity contribution is 0.108. The third-order valence-electron chi connectivity index (χ3n) is 2.77. The molecule has 0 unspecified atom stereocenters. The van der Waals surface area contributed by atoms with Crippen LogP contribution < -0.4 is 0 Å². The Morgan fingerprint density at radius 2 is 1.62 bits per heavy atom. The molecule has 0 saturated heterocycles. The highest BCUT2D eigenvalue weighted by Crippen LogP contribution is 2.40. The van der Waals surface area contributed by atoms with Gasteiger partial charge in [-0.15, -0.1) is 12.6 Å². The van der Waals surface area contributed by atoms with Crippen molar-refractivity contribution in [1.82, 2.24) is 0 Å². The van der Waals surface area contributed by atoms with Crippen LogP contribution in [0.1, 0.15) is 46.8 Å². The summed E-state index contributed by atoms with van der Waals surface area (Å²) in [5.41, 5.74) is 1.80. The van der Waals surface area contributed by atoms with Gasteiger partial charge >= 0.3 is 0 Å². The number of phenols is 2. The molecule has 0 fully saturated rings. The molecule has 0 heterocycles. The Balaban J connectivity index is 3.76. The number of benzene rings is 1. The molecule has 0 aromatic heterocycles. The van der Waals surface area contributed by atoms with E-state index in [1.807, 2.05) is 13.8 Å². The zero-order chi connectivity index (χ0) is 12.6. The van der Waals surface area contributed by atoms with Gasteiger partial charge in [0, 0.05) is 5.56 Å². The molecule has 0 aliphatic heterocycles. The normalized spacial score (nSPS) is 10.9. The summed E-state index contributed by atoms with van der Waals surface area (Å²) in [7, 11) is 0. The van der Waals surface area contributed by atoms with Crippen molar-refractivity contribution < 1.29 is 15.0 Å². The molecule has 4 heteroatoms. The van der Waals surface area contributed by atoms with E-state index in [2.05, 4.69) is 12.6 Å². The van der Waals surface area contributed by atoms with Gasteiger partial charge in [-0.25, -0.2) is 0 Å². The van der Waals surface area contributed by atoms with Crippen LogP contribution in [0.15, 0.2) is 0 Å². The summed E-state index contributed by atoms with van der Waals surface area (Å²) in [4.78, 5) is 11.4. The fourth-order valence-electron chi connectivity index (χ4n) is 1.96. The second-order valence-electron chi connectivity index (χ2n) is 4.20. The van der Waals surface area contributed by atoms with Crippen LogP contribution in [-0.2, 0) is 0 Å². The SMILES string of the molecule is Cc1c(O)c(C)c(C(C)C)c(C(=O)S)c1O. The van der Waals surface area contributed by atoms with Crippen LogP contribution in [0.25, 0.3) is 0 Å². The van der Waals surface area contributed by atoms with Crippen molar-refractivity contribution in [3.8, 4) is 11.5 Å². The fourth-order valence-corrected chi connectivity index (χ4v) is 2.19. The van der Waals surface area contributed by atoms with E-state index >= 15 is 0 Å². The first-order valence-corrected chi connectivity index (χ1v) is 5.52. The van der Waals surface area contributed by atoms with Crippen LogP contribution in [0.3, 0.4) is 0 Å². The number of hydrogen-bond acceptors (Lipinski definition) is 3. The number of phenolic OH excluding ortho intramolecular Hbond substituents is 2. The zero-order valence-corrected chi connectivity index (χ0v) is 10.7. The summed E-state index contributed by atoms with van der Waals surface area (Å²) < 4.78 is 0. The number of rotatable bonds is 2. The maximum atomic E-state index is 11.4. The van der Waals surface area contributed by atoms with Gasteiger partial charge in [0.1, 0.15) is 11.5 Å². The van der Waals surface area contributed by atoms with Crippen molar-refractivity contribution in [2.75, 3.05) is 0 Å². The Hall–Kier alpha value is -1.16. The van der Waals surface area contributed by atoms with E-state index in [1.54, 1.807) is 13.8 Å². The Kier molecular flexibility index (Phi) is 3.53. The zero-order valence-electron chi connectivity index (χ0n) is 9.83. The third kappa shape index (κ3) is 1.89. The molecular weight excluding hydrogens is 224 g/mol. The van der Waals surface area contributed by atoms with Gasteiger partial charge in [0.2, 0.25) is 5.12 Å². The van der Waals surface area contributed by atoms with Crippen molar-refractivity contribution in [3.05, 3.63) is 22.3 Å². The third-order valence-corrected chi connectivity index (χ3v) is 2.99. The first kappa shape index (κ1) is 12.9. The average molecular weight is 240 g/mol. The lowest BCUT2D eigenvalue weighted by Gasteiger charge is -2.18. The summed E-state index contributed by atoms with van der Waals surface area (Å²) in [6.07, 6.45) is 0. The molecule has 1 aromatic carbocycles. The van der Waals surface area contributed by atoms with E-state index in [0.717, 1.165) is 0 Å². The van der Waals surface area contributed by atoms with Crippen molar-refractivity contribution in [2.24, 2.45) is 0 Å². The molecule has 16 heavy (non-hydrogen) atoms. The monoisotopic (exact) mass is 240 g/mol. The van der Waals surface area contributed by atoms with Gasteiger partial charge in [0.25, 0.3) is 0 Å². The van der Waals surface area contributed by atoms with Crippen LogP contribution in [0.2, 0.25) is 0 Å². The summed E-state index contributed by atoms with van der Waals surface area (Å²) in [6, 6.07) is 0. The molecule has 0 bridgehead atoms. The molecule has 1 rings (SSSR count). The van der Waals surface area contributed by atoms with E-state index in [-0.39, 0.29) is 23.0 Å². The number of carbonyl (C=O) groups excluding carboxylic acids is 1. The molecule has 1 aromatic rings. The topological polar surface area (TPSA) is 57.5 Å². The minimum atomic E-state index is -0.479. The van der Waals surface area contributed by atoms with Crippen LogP contribution in [-0.4, -0.2) is 15.3 Å². The van der Waals surface area contributed by atoms with Gasteiger partial charge in [0.05, 0.1) is 5.56 Å². The highest BCUT2D eigenvalue weighted by molar-refractivity contribution is 7.97. The predicted octanol–water partition coefficient (Wildman–Crippen LogP) is 2.91. The Morgan fingerprint density at radius 1 is 1.12 bits per heavy atom. The fraction of sp³-hybridized carbons (Fsp3) is 0.417. The van der Waals surface area contributed by atoms with E-state index in [4.69, 9.17) is 0 Å². The van der Waals surface area contributed by atoms with Crippen molar-refractivity contribution in [2.45, 2.75) is 33.6 Å². The molecular formula is C12H16O3S. The van der Waals surface area contributed by atoms with Gasteiger partial charge < -0.3 is 10.2 Å². The summed E-state index contributed by atoms with van der Waals surface area (Å²) in [5, 5.41) is 19.2. The Labute approximate surface area is 101 Å². The highest BCUT2D eigenvalue weighted by Gasteiger charge is 2.23. The summed E-state index contributed by atoms with van der Waals surface area (Å²) in [5.74, 6) is -0.102. The largest absolute Gasteiger partial charge is 0.507 e. The molecule has 0 aliphatic rings.